The Balaban J connectivity index is 1.82. The van der Waals surface area contributed by atoms with Crippen LogP contribution in [0.1, 0.15) is 33.8 Å². The van der Waals surface area contributed by atoms with Gasteiger partial charge in [0.15, 0.2) is 5.78 Å². The molecule has 0 spiro atoms. The van der Waals surface area contributed by atoms with Crippen molar-refractivity contribution in [3.05, 3.63) is 95.6 Å². The van der Waals surface area contributed by atoms with Crippen LogP contribution in [0.25, 0.3) is 0 Å². The molecule has 0 fully saturated rings. The lowest BCUT2D eigenvalue weighted by atomic mass is 9.86. The van der Waals surface area contributed by atoms with E-state index in [0.29, 0.717) is 30.0 Å². The summed E-state index contributed by atoms with van der Waals surface area (Å²) in [6.45, 7) is 0.303. The highest BCUT2D eigenvalue weighted by Crippen LogP contribution is 2.29. The smallest absolute Gasteiger partial charge is 0.195 e. The summed E-state index contributed by atoms with van der Waals surface area (Å²) >= 11 is 0. The van der Waals surface area contributed by atoms with Crippen molar-refractivity contribution in [2.75, 3.05) is 7.11 Å². The summed E-state index contributed by atoms with van der Waals surface area (Å²) in [5, 5.41) is 10.9. The fourth-order valence-corrected chi connectivity index (χ4v) is 3.28. The van der Waals surface area contributed by atoms with E-state index in [4.69, 9.17) is 9.47 Å². The first kappa shape index (κ1) is 21.3. The second kappa shape index (κ2) is 10.4. The second-order valence-corrected chi connectivity index (χ2v) is 6.86. The summed E-state index contributed by atoms with van der Waals surface area (Å²) in [5.41, 5.74) is 1.94. The van der Waals surface area contributed by atoms with Gasteiger partial charge in [-0.25, -0.2) is 0 Å². The third-order valence-electron chi connectivity index (χ3n) is 4.93. The Labute approximate surface area is 175 Å². The van der Waals surface area contributed by atoms with E-state index in [-0.39, 0.29) is 12.0 Å². The van der Waals surface area contributed by atoms with Crippen LogP contribution < -0.4 is 9.47 Å². The maximum absolute atomic E-state index is 13.1. The van der Waals surface area contributed by atoms with E-state index in [9.17, 15) is 14.7 Å². The number of para-hydroxylation sites is 1. The molecule has 5 heteroatoms. The molecule has 0 radical (unpaired) electrons. The Kier molecular flexibility index (Phi) is 7.35. The molecule has 5 nitrogen and oxygen atoms in total. The van der Waals surface area contributed by atoms with Gasteiger partial charge < -0.3 is 19.4 Å². The average molecular weight is 404 g/mol. The standard InChI is InChI=1S/C25H24O5/c1-29-20-13-11-19(12-14-20)21(15-16-26)24(27)25(28)22-9-5-6-10-23(22)30-17-18-7-3-2-4-8-18/h2-14,16,21,24,27H,15,17H2,1H3. The summed E-state index contributed by atoms with van der Waals surface area (Å²) < 4.78 is 11.0. The number of methoxy groups -OCH3 is 1. The topological polar surface area (TPSA) is 72.8 Å². The Morgan fingerprint density at radius 3 is 2.30 bits per heavy atom. The van der Waals surface area contributed by atoms with E-state index < -0.39 is 17.8 Å². The SMILES string of the molecule is COc1ccc(C(CC=O)C(O)C(=O)c2ccccc2OCc2ccccc2)cc1. The first-order valence-corrected chi connectivity index (χ1v) is 9.69. The van der Waals surface area contributed by atoms with Gasteiger partial charge in [0.25, 0.3) is 0 Å². The van der Waals surface area contributed by atoms with E-state index >= 15 is 0 Å². The summed E-state index contributed by atoms with van der Waals surface area (Å²) in [6, 6.07) is 23.4. The molecule has 0 saturated carbocycles. The van der Waals surface area contributed by atoms with Crippen LogP contribution in [0.5, 0.6) is 11.5 Å². The molecule has 3 aromatic carbocycles. The molecule has 3 rings (SSSR count). The minimum Gasteiger partial charge on any atom is -0.497 e. The van der Waals surface area contributed by atoms with E-state index in [1.165, 1.54) is 0 Å². The number of aliphatic hydroxyl groups excluding tert-OH is 1. The number of aliphatic hydroxyl groups is 1. The van der Waals surface area contributed by atoms with Crippen LogP contribution in [0.2, 0.25) is 0 Å². The van der Waals surface area contributed by atoms with Crippen molar-refractivity contribution < 1.29 is 24.2 Å². The first-order valence-electron chi connectivity index (χ1n) is 9.69. The molecule has 1 N–H and O–H groups in total. The van der Waals surface area contributed by atoms with Gasteiger partial charge in [-0.3, -0.25) is 4.79 Å². The van der Waals surface area contributed by atoms with Gasteiger partial charge in [0, 0.05) is 12.3 Å². The molecule has 2 atom stereocenters. The lowest BCUT2D eigenvalue weighted by Gasteiger charge is -2.22. The number of ketones is 1. The monoisotopic (exact) mass is 404 g/mol. The molecule has 30 heavy (non-hydrogen) atoms. The zero-order valence-electron chi connectivity index (χ0n) is 16.7. The Morgan fingerprint density at radius 1 is 0.967 bits per heavy atom. The van der Waals surface area contributed by atoms with Crippen LogP contribution in [0.3, 0.4) is 0 Å². The van der Waals surface area contributed by atoms with Crippen molar-refractivity contribution in [1.82, 2.24) is 0 Å². The number of carbonyl (C=O) groups excluding carboxylic acids is 2. The number of ether oxygens (including phenoxy) is 2. The lowest BCUT2D eigenvalue weighted by molar-refractivity contribution is -0.108. The van der Waals surface area contributed by atoms with Crippen molar-refractivity contribution in [2.45, 2.75) is 25.0 Å². The van der Waals surface area contributed by atoms with Crippen molar-refractivity contribution in [3.63, 3.8) is 0 Å². The van der Waals surface area contributed by atoms with Crippen LogP contribution in [0, 0.1) is 0 Å². The summed E-state index contributed by atoms with van der Waals surface area (Å²) in [7, 11) is 1.56. The van der Waals surface area contributed by atoms with Crippen molar-refractivity contribution in [3.8, 4) is 11.5 Å². The molecule has 0 aliphatic carbocycles. The van der Waals surface area contributed by atoms with Crippen molar-refractivity contribution >= 4 is 12.1 Å². The Bertz CT molecular complexity index is 966. The molecule has 2 unspecified atom stereocenters. The Hall–Kier alpha value is -3.44. The fraction of sp³-hybridized carbons (Fsp3) is 0.200. The second-order valence-electron chi connectivity index (χ2n) is 6.86. The van der Waals surface area contributed by atoms with Crippen LogP contribution in [-0.2, 0) is 11.4 Å². The molecule has 3 aromatic rings. The van der Waals surface area contributed by atoms with E-state index in [0.717, 1.165) is 5.56 Å². The van der Waals surface area contributed by atoms with Gasteiger partial charge >= 0.3 is 0 Å². The van der Waals surface area contributed by atoms with Crippen LogP contribution >= 0.6 is 0 Å². The van der Waals surface area contributed by atoms with Gasteiger partial charge in [0.05, 0.1) is 12.7 Å². The highest BCUT2D eigenvalue weighted by molar-refractivity contribution is 6.02. The van der Waals surface area contributed by atoms with Crippen LogP contribution in [0.4, 0.5) is 0 Å². The van der Waals surface area contributed by atoms with Gasteiger partial charge in [-0.2, -0.15) is 0 Å². The minimum absolute atomic E-state index is 0.0201. The number of aldehydes is 1. The van der Waals surface area contributed by atoms with Crippen molar-refractivity contribution in [1.29, 1.82) is 0 Å². The quantitative estimate of drug-likeness (QED) is 0.405. The van der Waals surface area contributed by atoms with Gasteiger partial charge in [0.2, 0.25) is 0 Å². The minimum atomic E-state index is -1.38. The number of hydrogen-bond donors (Lipinski definition) is 1. The number of rotatable bonds is 10. The number of hydrogen-bond acceptors (Lipinski definition) is 5. The summed E-state index contributed by atoms with van der Waals surface area (Å²) in [4.78, 5) is 24.3. The van der Waals surface area contributed by atoms with Gasteiger partial charge in [-0.05, 0) is 35.4 Å². The number of carbonyl (C=O) groups is 2. The molecular formula is C25H24O5. The Morgan fingerprint density at radius 2 is 1.63 bits per heavy atom. The summed E-state index contributed by atoms with van der Waals surface area (Å²) in [6.07, 6.45) is -0.653. The van der Waals surface area contributed by atoms with E-state index in [2.05, 4.69) is 0 Å². The molecule has 0 bridgehead atoms. The van der Waals surface area contributed by atoms with E-state index in [1.54, 1.807) is 55.6 Å². The van der Waals surface area contributed by atoms with Gasteiger partial charge in [-0.1, -0.05) is 54.6 Å². The van der Waals surface area contributed by atoms with Crippen LogP contribution in [-0.4, -0.2) is 30.4 Å². The van der Waals surface area contributed by atoms with Crippen LogP contribution in [0.15, 0.2) is 78.9 Å². The third-order valence-corrected chi connectivity index (χ3v) is 4.93. The normalized spacial score (nSPS) is 12.6. The molecule has 0 heterocycles. The predicted molar refractivity (Wildman–Crippen MR) is 114 cm³/mol. The summed E-state index contributed by atoms with van der Waals surface area (Å²) in [5.74, 6) is -0.0986. The van der Waals surface area contributed by atoms with E-state index in [1.807, 2.05) is 30.3 Å². The molecule has 0 aliphatic rings. The lowest BCUT2D eigenvalue weighted by Crippen LogP contribution is -2.29. The maximum Gasteiger partial charge on any atom is 0.195 e. The molecular weight excluding hydrogens is 380 g/mol. The van der Waals surface area contributed by atoms with Gasteiger partial charge in [-0.15, -0.1) is 0 Å². The average Bonchev–Trinajstić information content (AvgIpc) is 2.81. The molecule has 154 valence electrons. The highest BCUT2D eigenvalue weighted by Gasteiger charge is 2.30. The zero-order chi connectivity index (χ0) is 21.3. The number of benzene rings is 3. The largest absolute Gasteiger partial charge is 0.497 e. The molecule has 0 aliphatic heterocycles. The maximum atomic E-state index is 13.1. The molecule has 0 aromatic heterocycles. The predicted octanol–water partition coefficient (Wildman–Crippen LogP) is 4.19. The fourth-order valence-electron chi connectivity index (χ4n) is 3.28. The van der Waals surface area contributed by atoms with Gasteiger partial charge in [0.1, 0.15) is 30.5 Å². The first-order chi connectivity index (χ1) is 14.6. The molecule has 0 amide bonds. The third kappa shape index (κ3) is 5.13. The van der Waals surface area contributed by atoms with Crippen molar-refractivity contribution in [2.24, 2.45) is 0 Å². The number of Topliss-reactive ketones (excluding diaryl/α,β-unsaturated/α-hetero) is 1. The molecule has 0 saturated heterocycles. The highest BCUT2D eigenvalue weighted by atomic mass is 16.5. The zero-order valence-corrected chi connectivity index (χ0v) is 16.7.